The average molecular weight is 308 g/mol. The van der Waals surface area contributed by atoms with E-state index in [4.69, 9.17) is 23.2 Å². The van der Waals surface area contributed by atoms with Crippen LogP contribution in [0.3, 0.4) is 0 Å². The topological polar surface area (TPSA) is 22.1 Å². The summed E-state index contributed by atoms with van der Waals surface area (Å²) >= 11 is 11.5. The molecular formula is C12H6Cl2F3NO. The number of hydrogen-bond acceptors (Lipinski definition) is 2. The van der Waals surface area contributed by atoms with Crippen molar-refractivity contribution in [2.75, 3.05) is 0 Å². The van der Waals surface area contributed by atoms with Gasteiger partial charge >= 0.3 is 6.36 Å². The van der Waals surface area contributed by atoms with Gasteiger partial charge in [-0.25, -0.2) is 4.98 Å². The van der Waals surface area contributed by atoms with Crippen LogP contribution in [0.4, 0.5) is 13.2 Å². The van der Waals surface area contributed by atoms with Crippen LogP contribution in [0.2, 0.25) is 10.3 Å². The van der Waals surface area contributed by atoms with E-state index in [0.29, 0.717) is 11.1 Å². The van der Waals surface area contributed by atoms with Gasteiger partial charge in [0.1, 0.15) is 16.1 Å². The Kier molecular flexibility index (Phi) is 3.87. The van der Waals surface area contributed by atoms with Gasteiger partial charge in [-0.1, -0.05) is 35.3 Å². The van der Waals surface area contributed by atoms with E-state index in [-0.39, 0.29) is 16.1 Å². The molecule has 100 valence electrons. The van der Waals surface area contributed by atoms with Crippen LogP contribution in [0.15, 0.2) is 36.4 Å². The zero-order chi connectivity index (χ0) is 14.0. The van der Waals surface area contributed by atoms with Crippen LogP contribution in [0.1, 0.15) is 0 Å². The molecule has 0 amide bonds. The van der Waals surface area contributed by atoms with Crippen LogP contribution in [0.5, 0.6) is 5.75 Å². The highest BCUT2D eigenvalue weighted by molar-refractivity contribution is 6.32. The summed E-state index contributed by atoms with van der Waals surface area (Å²) in [5.74, 6) is -0.289. The normalized spacial score (nSPS) is 11.4. The van der Waals surface area contributed by atoms with Gasteiger partial charge < -0.3 is 4.74 Å². The summed E-state index contributed by atoms with van der Waals surface area (Å²) in [6.45, 7) is 0. The van der Waals surface area contributed by atoms with Gasteiger partial charge in [-0.15, -0.1) is 13.2 Å². The third-order valence-electron chi connectivity index (χ3n) is 2.18. The zero-order valence-electron chi connectivity index (χ0n) is 9.21. The maximum absolute atomic E-state index is 12.0. The molecule has 0 unspecified atom stereocenters. The smallest absolute Gasteiger partial charge is 0.406 e. The lowest BCUT2D eigenvalue weighted by atomic mass is 10.1. The van der Waals surface area contributed by atoms with Crippen molar-refractivity contribution in [3.63, 3.8) is 0 Å². The van der Waals surface area contributed by atoms with Crippen molar-refractivity contribution in [2.24, 2.45) is 0 Å². The zero-order valence-corrected chi connectivity index (χ0v) is 10.7. The predicted molar refractivity (Wildman–Crippen MR) is 66.4 cm³/mol. The molecule has 1 aromatic carbocycles. The fourth-order valence-electron chi connectivity index (χ4n) is 1.48. The molecule has 1 aromatic heterocycles. The molecule has 1 heterocycles. The Morgan fingerprint density at radius 2 is 1.42 bits per heavy atom. The van der Waals surface area contributed by atoms with E-state index in [1.165, 1.54) is 24.3 Å². The first-order chi connectivity index (χ1) is 8.83. The van der Waals surface area contributed by atoms with Crippen molar-refractivity contribution in [1.29, 1.82) is 0 Å². The van der Waals surface area contributed by atoms with Gasteiger partial charge in [0.25, 0.3) is 0 Å². The molecule has 2 nitrogen and oxygen atoms in total. The van der Waals surface area contributed by atoms with E-state index in [1.54, 1.807) is 12.1 Å². The largest absolute Gasteiger partial charge is 0.573 e. The molecule has 0 aliphatic heterocycles. The average Bonchev–Trinajstić information content (AvgIpc) is 2.26. The number of pyridine rings is 1. The molecule has 0 bridgehead atoms. The second-order valence-electron chi connectivity index (χ2n) is 3.57. The van der Waals surface area contributed by atoms with E-state index >= 15 is 0 Å². The number of aromatic nitrogens is 1. The maximum atomic E-state index is 12.0. The molecular weight excluding hydrogens is 302 g/mol. The minimum absolute atomic E-state index is 0.207. The monoisotopic (exact) mass is 307 g/mol. The lowest BCUT2D eigenvalue weighted by Crippen LogP contribution is -2.16. The van der Waals surface area contributed by atoms with Gasteiger partial charge in [-0.2, -0.15) is 0 Å². The lowest BCUT2D eigenvalue weighted by molar-refractivity contribution is -0.274. The van der Waals surface area contributed by atoms with Gasteiger partial charge in [-0.3, -0.25) is 0 Å². The second kappa shape index (κ2) is 5.27. The van der Waals surface area contributed by atoms with Crippen molar-refractivity contribution < 1.29 is 17.9 Å². The van der Waals surface area contributed by atoms with Gasteiger partial charge in [0.15, 0.2) is 0 Å². The van der Waals surface area contributed by atoms with Crippen LogP contribution >= 0.6 is 23.2 Å². The third kappa shape index (κ3) is 4.01. The van der Waals surface area contributed by atoms with Crippen molar-refractivity contribution in [1.82, 2.24) is 4.98 Å². The van der Waals surface area contributed by atoms with Gasteiger partial charge in [0.05, 0.1) is 0 Å². The number of nitrogens with zero attached hydrogens (tertiary/aromatic N) is 1. The summed E-state index contributed by atoms with van der Waals surface area (Å²) in [7, 11) is 0. The van der Waals surface area contributed by atoms with Crippen LogP contribution in [-0.2, 0) is 0 Å². The quantitative estimate of drug-likeness (QED) is 0.732. The van der Waals surface area contributed by atoms with E-state index < -0.39 is 6.36 Å². The number of rotatable bonds is 2. The third-order valence-corrected chi connectivity index (χ3v) is 2.57. The highest BCUT2D eigenvalue weighted by Crippen LogP contribution is 2.28. The molecule has 2 rings (SSSR count). The Morgan fingerprint density at radius 3 is 1.89 bits per heavy atom. The van der Waals surface area contributed by atoms with Crippen LogP contribution in [-0.4, -0.2) is 11.3 Å². The molecule has 0 N–H and O–H groups in total. The summed E-state index contributed by atoms with van der Waals surface area (Å²) in [4.78, 5) is 3.78. The van der Waals surface area contributed by atoms with Gasteiger partial charge in [0.2, 0.25) is 0 Å². The Labute approximate surface area is 116 Å². The number of ether oxygens (including phenoxy) is 1. The molecule has 0 aliphatic rings. The highest BCUT2D eigenvalue weighted by Gasteiger charge is 2.30. The molecule has 2 aromatic rings. The Hall–Kier alpha value is -1.46. The number of hydrogen-bond donors (Lipinski definition) is 0. The van der Waals surface area contributed by atoms with Gasteiger partial charge in [-0.05, 0) is 35.4 Å². The van der Waals surface area contributed by atoms with Crippen LogP contribution in [0.25, 0.3) is 11.1 Å². The van der Waals surface area contributed by atoms with E-state index in [2.05, 4.69) is 9.72 Å². The Bertz CT molecular complexity index is 564. The minimum atomic E-state index is -4.70. The predicted octanol–water partition coefficient (Wildman–Crippen LogP) is 4.95. The van der Waals surface area contributed by atoms with E-state index in [9.17, 15) is 13.2 Å². The van der Waals surface area contributed by atoms with Gasteiger partial charge in [0, 0.05) is 0 Å². The molecule has 0 saturated heterocycles. The Morgan fingerprint density at radius 1 is 0.895 bits per heavy atom. The lowest BCUT2D eigenvalue weighted by Gasteiger charge is -2.09. The SMILES string of the molecule is FC(F)(F)Oc1ccc(-c2cc(Cl)nc(Cl)c2)cc1. The standard InChI is InChI=1S/C12H6Cl2F3NO/c13-10-5-8(6-11(14)18-10)7-1-3-9(4-2-7)19-12(15,16)17/h1-6H. The van der Waals surface area contributed by atoms with E-state index in [1.807, 2.05) is 0 Å². The maximum Gasteiger partial charge on any atom is 0.573 e. The molecule has 7 heteroatoms. The first-order valence-electron chi connectivity index (χ1n) is 5.03. The fraction of sp³-hybridized carbons (Fsp3) is 0.0833. The first kappa shape index (κ1) is 14.0. The highest BCUT2D eigenvalue weighted by atomic mass is 35.5. The van der Waals surface area contributed by atoms with Crippen LogP contribution < -0.4 is 4.74 Å². The summed E-state index contributed by atoms with van der Waals surface area (Å²) in [5, 5.41) is 0.413. The van der Waals surface area contributed by atoms with Crippen LogP contribution in [0, 0.1) is 0 Å². The molecule has 0 spiro atoms. The van der Waals surface area contributed by atoms with Crippen molar-refractivity contribution >= 4 is 23.2 Å². The van der Waals surface area contributed by atoms with Crippen molar-refractivity contribution in [3.8, 4) is 16.9 Å². The Balaban J connectivity index is 2.27. The number of benzene rings is 1. The molecule has 0 saturated carbocycles. The van der Waals surface area contributed by atoms with Crippen molar-refractivity contribution in [2.45, 2.75) is 6.36 Å². The second-order valence-corrected chi connectivity index (χ2v) is 4.35. The molecule has 0 atom stereocenters. The first-order valence-corrected chi connectivity index (χ1v) is 5.78. The number of alkyl halides is 3. The summed E-state index contributed by atoms with van der Waals surface area (Å²) in [6.07, 6.45) is -4.70. The van der Waals surface area contributed by atoms with E-state index in [0.717, 1.165) is 0 Å². The summed E-state index contributed by atoms with van der Waals surface area (Å²) in [6, 6.07) is 8.50. The summed E-state index contributed by atoms with van der Waals surface area (Å²) in [5.41, 5.74) is 1.31. The molecule has 0 aliphatic carbocycles. The molecule has 0 radical (unpaired) electrons. The fourth-order valence-corrected chi connectivity index (χ4v) is 1.94. The summed E-state index contributed by atoms with van der Waals surface area (Å²) < 4.78 is 39.8. The molecule has 19 heavy (non-hydrogen) atoms. The minimum Gasteiger partial charge on any atom is -0.406 e. The van der Waals surface area contributed by atoms with Crippen molar-refractivity contribution in [3.05, 3.63) is 46.7 Å². The molecule has 0 fully saturated rings. The number of halogens is 5.